The Labute approximate surface area is 152 Å². The lowest BCUT2D eigenvalue weighted by Crippen LogP contribution is -2.20. The molecule has 0 amide bonds. The number of H-pyrrole nitrogens is 1. The molecule has 1 N–H and O–H groups in total. The van der Waals surface area contributed by atoms with Crippen molar-refractivity contribution in [3.63, 3.8) is 0 Å². The second-order valence-corrected chi connectivity index (χ2v) is 6.48. The van der Waals surface area contributed by atoms with Crippen molar-refractivity contribution < 1.29 is 4.39 Å². The molecule has 0 radical (unpaired) electrons. The minimum Gasteiger partial charge on any atom is -0.304 e. The summed E-state index contributed by atoms with van der Waals surface area (Å²) < 4.78 is 13.4. The molecule has 0 aliphatic carbocycles. The fourth-order valence-electron chi connectivity index (χ4n) is 2.83. The van der Waals surface area contributed by atoms with Crippen LogP contribution in [0.3, 0.4) is 0 Å². The van der Waals surface area contributed by atoms with Crippen LogP contribution in [0.25, 0.3) is 11.4 Å². The monoisotopic (exact) mass is 351 g/mol. The number of aromatic nitrogens is 2. The SMILES string of the molecule is Cc1nc(-c2ccc(CN(C)CCc3ccccc3)cc2)[nH]c(=O)c1F. The summed E-state index contributed by atoms with van der Waals surface area (Å²) in [6, 6.07) is 18.2. The van der Waals surface area contributed by atoms with E-state index in [1.807, 2.05) is 30.3 Å². The van der Waals surface area contributed by atoms with Crippen LogP contribution in [0.1, 0.15) is 16.8 Å². The van der Waals surface area contributed by atoms with Crippen LogP contribution in [0.4, 0.5) is 4.39 Å². The summed E-state index contributed by atoms with van der Waals surface area (Å²) in [5.41, 5.74) is 2.63. The van der Waals surface area contributed by atoms with E-state index in [4.69, 9.17) is 0 Å². The lowest BCUT2D eigenvalue weighted by atomic mass is 10.1. The topological polar surface area (TPSA) is 49.0 Å². The van der Waals surface area contributed by atoms with Crippen molar-refractivity contribution in [1.82, 2.24) is 14.9 Å². The molecule has 1 heterocycles. The predicted molar refractivity (Wildman–Crippen MR) is 101 cm³/mol. The van der Waals surface area contributed by atoms with Crippen LogP contribution >= 0.6 is 0 Å². The van der Waals surface area contributed by atoms with E-state index in [0.717, 1.165) is 25.1 Å². The maximum Gasteiger partial charge on any atom is 0.287 e. The van der Waals surface area contributed by atoms with E-state index in [1.165, 1.54) is 18.1 Å². The third-order valence-electron chi connectivity index (χ3n) is 4.33. The van der Waals surface area contributed by atoms with E-state index in [9.17, 15) is 9.18 Å². The van der Waals surface area contributed by atoms with Gasteiger partial charge in [-0.25, -0.2) is 4.98 Å². The van der Waals surface area contributed by atoms with Gasteiger partial charge < -0.3 is 9.88 Å². The average molecular weight is 351 g/mol. The Morgan fingerprint density at radius 1 is 1.04 bits per heavy atom. The molecule has 0 unspecified atom stereocenters. The quantitative estimate of drug-likeness (QED) is 0.739. The minimum absolute atomic E-state index is 0.105. The van der Waals surface area contributed by atoms with Gasteiger partial charge >= 0.3 is 0 Å². The van der Waals surface area contributed by atoms with Crippen molar-refractivity contribution >= 4 is 0 Å². The Hall–Kier alpha value is -2.79. The zero-order valence-corrected chi connectivity index (χ0v) is 15.0. The number of halogens is 1. The summed E-state index contributed by atoms with van der Waals surface area (Å²) in [6.07, 6.45) is 1.01. The fraction of sp³-hybridized carbons (Fsp3) is 0.238. The smallest absolute Gasteiger partial charge is 0.287 e. The molecular formula is C21H22FN3O. The maximum absolute atomic E-state index is 13.4. The van der Waals surface area contributed by atoms with Crippen molar-refractivity contribution in [1.29, 1.82) is 0 Å². The first kappa shape index (κ1) is 18.0. The highest BCUT2D eigenvalue weighted by molar-refractivity contribution is 5.55. The van der Waals surface area contributed by atoms with E-state index < -0.39 is 11.4 Å². The number of rotatable bonds is 6. The number of benzene rings is 2. The lowest BCUT2D eigenvalue weighted by Gasteiger charge is -2.17. The predicted octanol–water partition coefficient (Wildman–Crippen LogP) is 3.56. The first-order chi connectivity index (χ1) is 12.5. The van der Waals surface area contributed by atoms with E-state index >= 15 is 0 Å². The molecule has 0 fully saturated rings. The van der Waals surface area contributed by atoms with E-state index in [2.05, 4.69) is 46.2 Å². The van der Waals surface area contributed by atoms with Crippen LogP contribution < -0.4 is 5.56 Å². The largest absolute Gasteiger partial charge is 0.304 e. The van der Waals surface area contributed by atoms with Gasteiger partial charge in [-0.3, -0.25) is 4.79 Å². The van der Waals surface area contributed by atoms with Gasteiger partial charge in [0.05, 0.1) is 5.69 Å². The van der Waals surface area contributed by atoms with Gasteiger partial charge in [0.15, 0.2) is 0 Å². The molecule has 26 heavy (non-hydrogen) atoms. The number of aromatic amines is 1. The summed E-state index contributed by atoms with van der Waals surface area (Å²) in [4.78, 5) is 20.4. The standard InChI is InChI=1S/C21H22FN3O/c1-15-19(22)21(26)24-20(23-15)18-10-8-17(9-11-18)14-25(2)13-12-16-6-4-3-5-7-16/h3-11H,12-14H2,1-2H3,(H,23,24,26). The number of likely N-dealkylation sites (N-methyl/N-ethyl adjacent to an activating group) is 1. The lowest BCUT2D eigenvalue weighted by molar-refractivity contribution is 0.331. The molecule has 1 aromatic heterocycles. The fourth-order valence-corrected chi connectivity index (χ4v) is 2.83. The van der Waals surface area contributed by atoms with Gasteiger partial charge in [0.2, 0.25) is 5.82 Å². The van der Waals surface area contributed by atoms with Crippen molar-refractivity contribution in [2.45, 2.75) is 19.9 Å². The van der Waals surface area contributed by atoms with Gasteiger partial charge in [-0.05, 0) is 31.5 Å². The molecule has 134 valence electrons. The molecule has 3 aromatic rings. The first-order valence-electron chi connectivity index (χ1n) is 8.61. The van der Waals surface area contributed by atoms with Gasteiger partial charge in [0.25, 0.3) is 5.56 Å². The van der Waals surface area contributed by atoms with Crippen LogP contribution in [-0.4, -0.2) is 28.5 Å². The third-order valence-corrected chi connectivity index (χ3v) is 4.33. The van der Waals surface area contributed by atoms with Gasteiger partial charge in [-0.1, -0.05) is 54.6 Å². The molecule has 0 saturated carbocycles. The first-order valence-corrected chi connectivity index (χ1v) is 8.61. The summed E-state index contributed by atoms with van der Waals surface area (Å²) in [5, 5.41) is 0. The second kappa shape index (κ2) is 8.06. The molecule has 0 bridgehead atoms. The molecule has 4 nitrogen and oxygen atoms in total. The molecule has 3 rings (SSSR count). The third kappa shape index (κ3) is 4.43. The van der Waals surface area contributed by atoms with Gasteiger partial charge in [-0.15, -0.1) is 0 Å². The molecule has 0 spiro atoms. The van der Waals surface area contributed by atoms with Crippen molar-refractivity contribution in [3.05, 3.63) is 87.6 Å². The van der Waals surface area contributed by atoms with Gasteiger partial charge in [-0.2, -0.15) is 4.39 Å². The maximum atomic E-state index is 13.4. The molecule has 2 aromatic carbocycles. The Morgan fingerprint density at radius 3 is 2.38 bits per heavy atom. The Kier molecular flexibility index (Phi) is 5.58. The van der Waals surface area contributed by atoms with Gasteiger partial charge in [0.1, 0.15) is 5.82 Å². The molecule has 0 aliphatic heterocycles. The Morgan fingerprint density at radius 2 is 1.73 bits per heavy atom. The minimum atomic E-state index is -0.828. The number of nitrogens with one attached hydrogen (secondary N) is 1. The number of hydrogen-bond donors (Lipinski definition) is 1. The van der Waals surface area contributed by atoms with E-state index in [0.29, 0.717) is 5.82 Å². The van der Waals surface area contributed by atoms with Crippen molar-refractivity contribution in [3.8, 4) is 11.4 Å². The van der Waals surface area contributed by atoms with Crippen LogP contribution in [0.5, 0.6) is 0 Å². The van der Waals surface area contributed by atoms with E-state index in [-0.39, 0.29) is 5.69 Å². The zero-order valence-electron chi connectivity index (χ0n) is 15.0. The summed E-state index contributed by atoms with van der Waals surface area (Å²) >= 11 is 0. The highest BCUT2D eigenvalue weighted by atomic mass is 19.1. The molecule has 5 heteroatoms. The Balaban J connectivity index is 1.63. The average Bonchev–Trinajstić information content (AvgIpc) is 2.65. The van der Waals surface area contributed by atoms with Crippen LogP contribution in [0, 0.1) is 12.7 Å². The van der Waals surface area contributed by atoms with Crippen molar-refractivity contribution in [2.24, 2.45) is 0 Å². The molecule has 0 saturated heterocycles. The van der Waals surface area contributed by atoms with E-state index in [1.54, 1.807) is 0 Å². The number of hydrogen-bond acceptors (Lipinski definition) is 3. The normalized spacial score (nSPS) is 11.1. The number of aryl methyl sites for hydroxylation is 1. The molecule has 0 atom stereocenters. The Bertz CT molecular complexity index is 920. The second-order valence-electron chi connectivity index (χ2n) is 6.48. The van der Waals surface area contributed by atoms with Gasteiger partial charge in [0, 0.05) is 18.7 Å². The highest BCUT2D eigenvalue weighted by Gasteiger charge is 2.09. The zero-order chi connectivity index (χ0) is 18.5. The van der Waals surface area contributed by atoms with Crippen LogP contribution in [0.15, 0.2) is 59.4 Å². The van der Waals surface area contributed by atoms with Crippen molar-refractivity contribution in [2.75, 3.05) is 13.6 Å². The summed E-state index contributed by atoms with van der Waals surface area (Å²) in [7, 11) is 2.10. The highest BCUT2D eigenvalue weighted by Crippen LogP contribution is 2.16. The van der Waals surface area contributed by atoms with Crippen LogP contribution in [-0.2, 0) is 13.0 Å². The summed E-state index contributed by atoms with van der Waals surface area (Å²) in [6.45, 7) is 3.29. The summed E-state index contributed by atoms with van der Waals surface area (Å²) in [5.74, 6) is -0.441. The number of nitrogens with zero attached hydrogens (tertiary/aromatic N) is 2. The molecular weight excluding hydrogens is 329 g/mol. The molecule has 0 aliphatic rings. The van der Waals surface area contributed by atoms with Crippen LogP contribution in [0.2, 0.25) is 0 Å².